The molecule has 2 N–H and O–H groups in total. The molecule has 1 amide bonds. The number of H-pyrrole nitrogens is 1. The molecule has 5 heteroatoms. The van der Waals surface area contributed by atoms with Gasteiger partial charge in [-0.3, -0.25) is 9.69 Å². The highest BCUT2D eigenvalue weighted by Gasteiger charge is 2.44. The Balaban J connectivity index is 1.39. The first-order valence-electron chi connectivity index (χ1n) is 13.4. The summed E-state index contributed by atoms with van der Waals surface area (Å²) in [6.45, 7) is 5.59. The normalized spacial score (nSPS) is 22.3. The van der Waals surface area contributed by atoms with Gasteiger partial charge in [0.1, 0.15) is 0 Å². The lowest BCUT2D eigenvalue weighted by atomic mass is 9.79. The summed E-state index contributed by atoms with van der Waals surface area (Å²) in [6.07, 6.45) is 1.29. The number of aromatic amines is 1. The Morgan fingerprint density at radius 2 is 1.81 bits per heavy atom. The van der Waals surface area contributed by atoms with Crippen molar-refractivity contribution in [3.8, 4) is 11.1 Å². The van der Waals surface area contributed by atoms with Crippen LogP contribution in [-0.2, 0) is 6.42 Å². The zero-order valence-electron chi connectivity index (χ0n) is 21.8. The summed E-state index contributed by atoms with van der Waals surface area (Å²) in [5.41, 5.74) is 8.02. The van der Waals surface area contributed by atoms with Crippen LogP contribution in [0.4, 0.5) is 0 Å². The number of carbonyl (C=O) groups is 1. The van der Waals surface area contributed by atoms with Crippen molar-refractivity contribution in [3.63, 3.8) is 0 Å². The van der Waals surface area contributed by atoms with E-state index in [1.165, 1.54) is 33.3 Å². The number of aromatic nitrogens is 1. The third kappa shape index (κ3) is 4.07. The van der Waals surface area contributed by atoms with Gasteiger partial charge in [-0.2, -0.15) is 0 Å². The van der Waals surface area contributed by atoms with Gasteiger partial charge in [-0.1, -0.05) is 66.7 Å². The van der Waals surface area contributed by atoms with E-state index in [1.54, 1.807) is 0 Å². The lowest BCUT2D eigenvalue weighted by molar-refractivity contribution is -0.0239. The van der Waals surface area contributed by atoms with Gasteiger partial charge in [-0.15, -0.1) is 0 Å². The number of fused-ring (bicyclic) bond motifs is 5. The molecule has 2 aliphatic rings. The second-order valence-corrected chi connectivity index (χ2v) is 10.8. The van der Waals surface area contributed by atoms with Crippen molar-refractivity contribution >= 4 is 16.8 Å². The molecular formula is C32H35N3O2. The van der Waals surface area contributed by atoms with Gasteiger partial charge in [0.25, 0.3) is 5.91 Å². The van der Waals surface area contributed by atoms with Gasteiger partial charge in [-0.05, 0) is 49.4 Å². The van der Waals surface area contributed by atoms with Crippen LogP contribution in [0.5, 0.6) is 0 Å². The number of benzene rings is 3. The van der Waals surface area contributed by atoms with Crippen molar-refractivity contribution in [2.45, 2.75) is 44.9 Å². The third-order valence-corrected chi connectivity index (χ3v) is 8.70. The van der Waals surface area contributed by atoms with Gasteiger partial charge in [0.05, 0.1) is 17.7 Å². The van der Waals surface area contributed by atoms with E-state index in [2.05, 4.69) is 58.4 Å². The molecule has 4 atom stereocenters. The molecule has 1 fully saturated rings. The number of hydrogen-bond acceptors (Lipinski definition) is 3. The number of aliphatic hydroxyl groups is 1. The van der Waals surface area contributed by atoms with Crippen molar-refractivity contribution in [2.75, 3.05) is 20.1 Å². The number of amides is 1. The second-order valence-electron chi connectivity index (χ2n) is 10.8. The van der Waals surface area contributed by atoms with Gasteiger partial charge < -0.3 is 15.0 Å². The van der Waals surface area contributed by atoms with Crippen LogP contribution in [0.15, 0.2) is 72.8 Å². The smallest absolute Gasteiger partial charge is 0.254 e. The van der Waals surface area contributed by atoms with E-state index in [4.69, 9.17) is 0 Å². The van der Waals surface area contributed by atoms with Crippen molar-refractivity contribution in [2.24, 2.45) is 5.92 Å². The van der Waals surface area contributed by atoms with Crippen LogP contribution in [0, 0.1) is 12.8 Å². The van der Waals surface area contributed by atoms with Crippen molar-refractivity contribution in [1.29, 1.82) is 0 Å². The summed E-state index contributed by atoms with van der Waals surface area (Å²) >= 11 is 0. The predicted octanol–water partition coefficient (Wildman–Crippen LogP) is 5.58. The lowest BCUT2D eigenvalue weighted by Crippen LogP contribution is -2.56. The summed E-state index contributed by atoms with van der Waals surface area (Å²) in [4.78, 5) is 21.9. The van der Waals surface area contributed by atoms with Crippen LogP contribution in [0.3, 0.4) is 0 Å². The fraction of sp³-hybridized carbons (Fsp3) is 0.344. The third-order valence-electron chi connectivity index (χ3n) is 8.70. The largest absolute Gasteiger partial charge is 0.393 e. The molecule has 0 spiro atoms. The molecular weight excluding hydrogens is 458 g/mol. The van der Waals surface area contributed by atoms with Crippen LogP contribution in [0.25, 0.3) is 22.0 Å². The minimum absolute atomic E-state index is 0.0000245. The van der Waals surface area contributed by atoms with Gasteiger partial charge in [0.2, 0.25) is 0 Å². The number of rotatable bonds is 4. The fourth-order valence-corrected chi connectivity index (χ4v) is 6.65. The molecule has 0 unspecified atom stereocenters. The van der Waals surface area contributed by atoms with Crippen molar-refractivity contribution in [1.82, 2.24) is 14.8 Å². The average molecular weight is 494 g/mol. The van der Waals surface area contributed by atoms with Gasteiger partial charge in [-0.25, -0.2) is 0 Å². The van der Waals surface area contributed by atoms with Crippen LogP contribution >= 0.6 is 0 Å². The minimum atomic E-state index is -0.494. The molecule has 5 nitrogen and oxygen atoms in total. The number of aryl methyl sites for hydroxylation is 1. The Hall–Kier alpha value is -3.41. The monoisotopic (exact) mass is 493 g/mol. The molecule has 6 rings (SSSR count). The molecule has 0 radical (unpaired) electrons. The van der Waals surface area contributed by atoms with Crippen molar-refractivity contribution in [3.05, 3.63) is 95.2 Å². The van der Waals surface area contributed by atoms with E-state index in [0.29, 0.717) is 0 Å². The molecule has 1 aromatic heterocycles. The number of para-hydroxylation sites is 1. The fourth-order valence-electron chi connectivity index (χ4n) is 6.65. The minimum Gasteiger partial charge on any atom is -0.393 e. The number of nitrogens with one attached hydrogen (secondary N) is 1. The Kier molecular flexibility index (Phi) is 6.13. The average Bonchev–Trinajstić information content (AvgIpc) is 3.31. The summed E-state index contributed by atoms with van der Waals surface area (Å²) in [5.74, 6) is 0.0290. The number of nitrogens with zero attached hydrogens (tertiary/aromatic N) is 2. The van der Waals surface area contributed by atoms with Crippen LogP contribution in [-0.4, -0.2) is 58.1 Å². The Morgan fingerprint density at radius 3 is 2.57 bits per heavy atom. The molecule has 2 aliphatic heterocycles. The number of aliphatic hydroxyl groups excluding tert-OH is 1. The maximum absolute atomic E-state index is 13.6. The van der Waals surface area contributed by atoms with E-state index in [9.17, 15) is 9.90 Å². The van der Waals surface area contributed by atoms with E-state index < -0.39 is 6.10 Å². The van der Waals surface area contributed by atoms with Crippen molar-refractivity contribution < 1.29 is 9.90 Å². The summed E-state index contributed by atoms with van der Waals surface area (Å²) in [7, 11) is 1.91. The predicted molar refractivity (Wildman–Crippen MR) is 149 cm³/mol. The van der Waals surface area contributed by atoms with Crippen LogP contribution < -0.4 is 0 Å². The number of carbonyl (C=O) groups excluding carboxylic acids is 1. The number of piperidine rings is 1. The SMILES string of the molecule is Cc1ccccc1C(=O)N(C)[C@H]1C[C@H]2c3[nH]c4c(-c5ccccc5)cccc4c3CCN2C[C@H]1[C@H](C)O. The molecule has 0 aliphatic carbocycles. The van der Waals surface area contributed by atoms with E-state index in [1.807, 2.05) is 50.1 Å². The molecule has 0 bridgehead atoms. The molecule has 4 aromatic rings. The highest BCUT2D eigenvalue weighted by molar-refractivity contribution is 5.97. The molecule has 0 saturated carbocycles. The standard InChI is InChI=1S/C32H35N3O2/c1-20-10-7-8-13-23(20)32(37)34(3)28-18-29-31-26(16-17-35(29)19-27(28)21(2)36)25-15-9-14-24(30(25)33-31)22-11-5-4-6-12-22/h4-15,21,27-29,33,36H,16-19H2,1-3H3/t21-,27-,28-,29-/m0/s1. The first-order valence-corrected chi connectivity index (χ1v) is 13.4. The first-order chi connectivity index (χ1) is 17.9. The highest BCUT2D eigenvalue weighted by atomic mass is 16.3. The summed E-state index contributed by atoms with van der Waals surface area (Å²) < 4.78 is 0. The maximum Gasteiger partial charge on any atom is 0.254 e. The van der Waals surface area contributed by atoms with Gasteiger partial charge in [0.15, 0.2) is 0 Å². The molecule has 37 heavy (non-hydrogen) atoms. The molecule has 190 valence electrons. The molecule has 3 aromatic carbocycles. The molecule has 3 heterocycles. The second kappa shape index (κ2) is 9.47. The molecule has 1 saturated heterocycles. The van der Waals surface area contributed by atoms with Crippen LogP contribution in [0.2, 0.25) is 0 Å². The summed E-state index contributed by atoms with van der Waals surface area (Å²) in [6, 6.07) is 25.0. The van der Waals surface area contributed by atoms with Gasteiger partial charge >= 0.3 is 0 Å². The Labute approximate surface area is 218 Å². The topological polar surface area (TPSA) is 59.6 Å². The van der Waals surface area contributed by atoms with E-state index >= 15 is 0 Å². The maximum atomic E-state index is 13.6. The van der Waals surface area contributed by atoms with E-state index in [-0.39, 0.29) is 23.9 Å². The zero-order valence-corrected chi connectivity index (χ0v) is 21.8. The summed E-state index contributed by atoms with van der Waals surface area (Å²) in [5, 5.41) is 12.1. The van der Waals surface area contributed by atoms with E-state index in [0.717, 1.165) is 37.1 Å². The lowest BCUT2D eigenvalue weighted by Gasteiger charge is -2.49. The Morgan fingerprint density at radius 1 is 1.05 bits per heavy atom. The van der Waals surface area contributed by atoms with Gasteiger partial charge in [0, 0.05) is 54.3 Å². The Bertz CT molecular complexity index is 1440. The first kappa shape index (κ1) is 24.0. The number of hydrogen-bond donors (Lipinski definition) is 2. The highest BCUT2D eigenvalue weighted by Crippen LogP contribution is 2.44. The van der Waals surface area contributed by atoms with Crippen LogP contribution in [0.1, 0.15) is 46.6 Å². The zero-order chi connectivity index (χ0) is 25.7. The quantitative estimate of drug-likeness (QED) is 0.390.